The van der Waals surface area contributed by atoms with Gasteiger partial charge in [0.1, 0.15) is 11.4 Å². The number of benzene rings is 3. The van der Waals surface area contributed by atoms with Crippen molar-refractivity contribution in [2.24, 2.45) is 7.05 Å². The zero-order valence-electron chi connectivity index (χ0n) is 23.1. The van der Waals surface area contributed by atoms with Crippen LogP contribution in [0.1, 0.15) is 39.4 Å². The summed E-state index contributed by atoms with van der Waals surface area (Å²) in [6.07, 6.45) is 5.22. The number of aromatic nitrogens is 3. The number of aromatic carboxylic acids is 1. The average molecular weight is 536 g/mol. The van der Waals surface area contributed by atoms with Gasteiger partial charge in [0.05, 0.1) is 36.7 Å². The van der Waals surface area contributed by atoms with Crippen LogP contribution in [0.4, 0.5) is 0 Å². The second-order valence-electron chi connectivity index (χ2n) is 10.3. The van der Waals surface area contributed by atoms with Gasteiger partial charge in [-0.25, -0.2) is 4.79 Å². The molecule has 7 heteroatoms. The van der Waals surface area contributed by atoms with Gasteiger partial charge in [-0.3, -0.25) is 4.68 Å². The summed E-state index contributed by atoms with van der Waals surface area (Å²) < 4.78 is 16.0. The number of hydrogen-bond acceptors (Lipinski definition) is 4. The quantitative estimate of drug-likeness (QED) is 0.196. The highest BCUT2D eigenvalue weighted by Crippen LogP contribution is 2.40. The molecule has 0 unspecified atom stereocenters. The van der Waals surface area contributed by atoms with Gasteiger partial charge in [0, 0.05) is 35.5 Å². The molecule has 1 aliphatic rings. The Morgan fingerprint density at radius 1 is 1.02 bits per heavy atom. The van der Waals surface area contributed by atoms with Crippen LogP contribution < -0.4 is 4.74 Å². The molecule has 0 atom stereocenters. The SMILES string of the molecule is Cc1ccc2c(CCCOc3cccc4ccccc34)c(C(=O)O)n3c2c1-c1c(C)nn(C)c1COCC=CC3. The molecule has 1 aliphatic heterocycles. The van der Waals surface area contributed by atoms with E-state index in [0.29, 0.717) is 44.9 Å². The maximum atomic E-state index is 12.8. The van der Waals surface area contributed by atoms with Crippen molar-refractivity contribution < 1.29 is 19.4 Å². The second-order valence-corrected chi connectivity index (χ2v) is 10.3. The minimum atomic E-state index is -0.924. The molecule has 7 nitrogen and oxygen atoms in total. The van der Waals surface area contributed by atoms with Crippen molar-refractivity contribution in [3.05, 3.63) is 95.0 Å². The fourth-order valence-corrected chi connectivity index (χ4v) is 6.03. The highest BCUT2D eigenvalue weighted by Gasteiger charge is 2.27. The van der Waals surface area contributed by atoms with Crippen LogP contribution in [0.2, 0.25) is 0 Å². The van der Waals surface area contributed by atoms with E-state index in [9.17, 15) is 9.90 Å². The molecule has 6 rings (SSSR count). The van der Waals surface area contributed by atoms with E-state index in [0.717, 1.165) is 61.1 Å². The molecular weight excluding hydrogens is 502 g/mol. The van der Waals surface area contributed by atoms with E-state index in [-0.39, 0.29) is 0 Å². The summed E-state index contributed by atoms with van der Waals surface area (Å²) in [5, 5.41) is 18.4. The zero-order chi connectivity index (χ0) is 27.8. The summed E-state index contributed by atoms with van der Waals surface area (Å²) >= 11 is 0. The normalized spacial score (nSPS) is 13.4. The largest absolute Gasteiger partial charge is 0.493 e. The van der Waals surface area contributed by atoms with Crippen molar-refractivity contribution >= 4 is 27.6 Å². The van der Waals surface area contributed by atoms with E-state index < -0.39 is 5.97 Å². The van der Waals surface area contributed by atoms with Gasteiger partial charge in [0.25, 0.3) is 0 Å². The van der Waals surface area contributed by atoms with E-state index in [4.69, 9.17) is 14.6 Å². The third kappa shape index (κ3) is 4.46. The molecule has 3 aromatic carbocycles. The Hall–Kier alpha value is -4.36. The van der Waals surface area contributed by atoms with Crippen molar-refractivity contribution in [2.45, 2.75) is 39.8 Å². The van der Waals surface area contributed by atoms with Gasteiger partial charge in [-0.2, -0.15) is 5.10 Å². The number of nitrogens with zero attached hydrogens (tertiary/aromatic N) is 3. The van der Waals surface area contributed by atoms with Gasteiger partial charge in [0.2, 0.25) is 0 Å². The Morgan fingerprint density at radius 2 is 1.85 bits per heavy atom. The number of carboxylic acid groups (broad SMARTS) is 1. The first-order valence-electron chi connectivity index (χ1n) is 13.7. The first-order valence-corrected chi connectivity index (χ1v) is 13.7. The monoisotopic (exact) mass is 535 g/mol. The standard InChI is InChI=1S/C33H33N3O4/c1-21-15-16-26-25(13-9-19-40-28-14-8-11-23-10-4-5-12-24(23)28)32(33(37)38)36-17-6-7-18-39-20-27-30(29(21)31(26)36)22(2)34-35(27)3/h4-8,10-12,14-16H,9,13,17-20H2,1-3H3,(H,37,38). The van der Waals surface area contributed by atoms with E-state index in [1.807, 2.05) is 59.6 Å². The summed E-state index contributed by atoms with van der Waals surface area (Å²) in [5.74, 6) is -0.0780. The van der Waals surface area contributed by atoms with Crippen LogP contribution >= 0.6 is 0 Å². The van der Waals surface area contributed by atoms with E-state index in [2.05, 4.69) is 37.3 Å². The summed E-state index contributed by atoms with van der Waals surface area (Å²) in [5.41, 5.74) is 7.12. The van der Waals surface area contributed by atoms with Crippen LogP contribution in [-0.2, 0) is 31.4 Å². The highest BCUT2D eigenvalue weighted by atomic mass is 16.5. The summed E-state index contributed by atoms with van der Waals surface area (Å²) in [7, 11) is 1.93. The van der Waals surface area contributed by atoms with Crippen molar-refractivity contribution in [3.8, 4) is 16.9 Å². The molecular formula is C33H33N3O4. The number of fused-ring (bicyclic) bond motifs is 3. The van der Waals surface area contributed by atoms with Crippen LogP contribution in [0.15, 0.2) is 66.7 Å². The van der Waals surface area contributed by atoms with Gasteiger partial charge >= 0.3 is 5.97 Å². The number of aryl methyl sites for hydroxylation is 4. The minimum Gasteiger partial charge on any atom is -0.493 e. The lowest BCUT2D eigenvalue weighted by Gasteiger charge is -2.14. The average Bonchev–Trinajstić information content (AvgIpc) is 3.39. The van der Waals surface area contributed by atoms with E-state index in [1.54, 1.807) is 0 Å². The predicted molar refractivity (Wildman–Crippen MR) is 157 cm³/mol. The summed E-state index contributed by atoms with van der Waals surface area (Å²) in [6, 6.07) is 18.4. The maximum absolute atomic E-state index is 12.8. The molecule has 0 aliphatic carbocycles. The lowest BCUT2D eigenvalue weighted by atomic mass is 9.94. The lowest BCUT2D eigenvalue weighted by Crippen LogP contribution is -2.11. The number of hydrogen-bond donors (Lipinski definition) is 1. The van der Waals surface area contributed by atoms with E-state index in [1.165, 1.54) is 0 Å². The molecule has 2 aromatic heterocycles. The number of carbonyl (C=O) groups is 1. The number of rotatable bonds is 6. The third-order valence-corrected chi connectivity index (χ3v) is 7.82. The zero-order valence-corrected chi connectivity index (χ0v) is 23.1. The van der Waals surface area contributed by atoms with Crippen LogP contribution in [0.25, 0.3) is 32.8 Å². The molecule has 0 bridgehead atoms. The molecule has 204 valence electrons. The molecule has 0 radical (unpaired) electrons. The van der Waals surface area contributed by atoms with Gasteiger partial charge < -0.3 is 19.1 Å². The van der Waals surface area contributed by atoms with Crippen molar-refractivity contribution in [3.63, 3.8) is 0 Å². The van der Waals surface area contributed by atoms with E-state index >= 15 is 0 Å². The fraction of sp³-hybridized carbons (Fsp3) is 0.273. The first kappa shape index (κ1) is 25.9. The molecule has 0 amide bonds. The predicted octanol–water partition coefficient (Wildman–Crippen LogP) is 6.61. The summed E-state index contributed by atoms with van der Waals surface area (Å²) in [6.45, 7) is 5.89. The second kappa shape index (κ2) is 10.7. The Bertz CT molecular complexity index is 1770. The van der Waals surface area contributed by atoms with Gasteiger partial charge in [-0.15, -0.1) is 0 Å². The molecule has 40 heavy (non-hydrogen) atoms. The number of carboxylic acids is 1. The fourth-order valence-electron chi connectivity index (χ4n) is 6.03. The smallest absolute Gasteiger partial charge is 0.352 e. The van der Waals surface area contributed by atoms with Crippen LogP contribution in [0, 0.1) is 13.8 Å². The van der Waals surface area contributed by atoms with Crippen molar-refractivity contribution in [1.29, 1.82) is 0 Å². The third-order valence-electron chi connectivity index (χ3n) is 7.82. The van der Waals surface area contributed by atoms with Crippen molar-refractivity contribution in [1.82, 2.24) is 14.3 Å². The first-order chi connectivity index (χ1) is 19.5. The molecule has 0 fully saturated rings. The Balaban J connectivity index is 1.43. The Morgan fingerprint density at radius 3 is 2.70 bits per heavy atom. The topological polar surface area (TPSA) is 78.5 Å². The maximum Gasteiger partial charge on any atom is 0.352 e. The molecule has 5 aromatic rings. The van der Waals surface area contributed by atoms with Crippen LogP contribution in [-0.4, -0.2) is 38.6 Å². The Kier molecular flexibility index (Phi) is 6.90. The van der Waals surface area contributed by atoms with Crippen molar-refractivity contribution in [2.75, 3.05) is 13.2 Å². The lowest BCUT2D eigenvalue weighted by molar-refractivity contribution is 0.0685. The van der Waals surface area contributed by atoms with Crippen LogP contribution in [0.5, 0.6) is 5.75 Å². The molecule has 1 N–H and O–H groups in total. The number of ether oxygens (including phenoxy) is 2. The Labute approximate surface area is 233 Å². The minimum absolute atomic E-state index is 0.333. The molecule has 3 heterocycles. The highest BCUT2D eigenvalue weighted by molar-refractivity contribution is 6.05. The van der Waals surface area contributed by atoms with Crippen LogP contribution in [0.3, 0.4) is 0 Å². The van der Waals surface area contributed by atoms with Gasteiger partial charge in [0.15, 0.2) is 0 Å². The molecule has 0 saturated carbocycles. The van der Waals surface area contributed by atoms with Gasteiger partial charge in [-0.05, 0) is 49.3 Å². The molecule has 0 spiro atoms. The number of allylic oxidation sites excluding steroid dienone is 1. The molecule has 0 saturated heterocycles. The van der Waals surface area contributed by atoms with Gasteiger partial charge in [-0.1, -0.05) is 60.7 Å². The summed E-state index contributed by atoms with van der Waals surface area (Å²) in [4.78, 5) is 12.8.